The summed E-state index contributed by atoms with van der Waals surface area (Å²) in [6.07, 6.45) is 4.49. The molecule has 35 heavy (non-hydrogen) atoms. The van der Waals surface area contributed by atoms with Crippen molar-refractivity contribution in [2.45, 2.75) is 6.42 Å². The highest BCUT2D eigenvalue weighted by atomic mass is 19.1. The van der Waals surface area contributed by atoms with Gasteiger partial charge in [-0.05, 0) is 30.3 Å². The van der Waals surface area contributed by atoms with Crippen LogP contribution >= 0.6 is 0 Å². The number of ether oxygens (including phenoxy) is 1. The van der Waals surface area contributed by atoms with Gasteiger partial charge in [-0.25, -0.2) is 9.37 Å². The van der Waals surface area contributed by atoms with Gasteiger partial charge in [0.1, 0.15) is 5.82 Å². The largest absolute Gasteiger partial charge is 0.379 e. The van der Waals surface area contributed by atoms with Gasteiger partial charge in [-0.15, -0.1) is 0 Å². The Balaban J connectivity index is 1.21. The summed E-state index contributed by atoms with van der Waals surface area (Å²) >= 11 is 0. The van der Waals surface area contributed by atoms with E-state index in [1.54, 1.807) is 12.3 Å². The van der Waals surface area contributed by atoms with Crippen molar-refractivity contribution in [3.63, 3.8) is 0 Å². The predicted molar refractivity (Wildman–Crippen MR) is 133 cm³/mol. The van der Waals surface area contributed by atoms with Gasteiger partial charge in [-0.3, -0.25) is 20.0 Å². The highest BCUT2D eigenvalue weighted by molar-refractivity contribution is 6.23. The number of aromatic nitrogens is 3. The molecule has 4 heterocycles. The third-order valence-electron chi connectivity index (χ3n) is 6.75. The predicted octanol–water partition coefficient (Wildman–Crippen LogP) is 2.64. The third-order valence-corrected chi connectivity index (χ3v) is 6.75. The number of rotatable bonds is 6. The van der Waals surface area contributed by atoms with Crippen LogP contribution in [-0.2, 0) is 9.57 Å². The van der Waals surface area contributed by atoms with Crippen LogP contribution in [-0.4, -0.2) is 72.4 Å². The second-order valence-corrected chi connectivity index (χ2v) is 8.90. The van der Waals surface area contributed by atoms with Crippen molar-refractivity contribution in [2.75, 3.05) is 57.4 Å². The Morgan fingerprint density at radius 2 is 2.03 bits per heavy atom. The van der Waals surface area contributed by atoms with Crippen LogP contribution in [0.2, 0.25) is 0 Å². The van der Waals surface area contributed by atoms with Crippen molar-refractivity contribution >= 4 is 38.5 Å². The summed E-state index contributed by atoms with van der Waals surface area (Å²) in [6, 6.07) is 6.34. The fraction of sp³-hybridized carbons (Fsp3) is 0.360. The Morgan fingerprint density at radius 3 is 2.86 bits per heavy atom. The van der Waals surface area contributed by atoms with Gasteiger partial charge in [-0.2, -0.15) is 0 Å². The maximum atomic E-state index is 14.1. The Labute approximate surface area is 200 Å². The number of hydrogen-bond donors (Lipinski definition) is 3. The van der Waals surface area contributed by atoms with E-state index in [0.717, 1.165) is 68.4 Å². The van der Waals surface area contributed by atoms with Crippen LogP contribution in [0.3, 0.4) is 0 Å². The molecule has 0 unspecified atom stereocenters. The Hall–Kier alpha value is -3.47. The first-order valence-corrected chi connectivity index (χ1v) is 11.9. The first kappa shape index (κ1) is 22.0. The summed E-state index contributed by atoms with van der Waals surface area (Å²) in [4.78, 5) is 33.8. The molecule has 0 saturated carbocycles. The SMILES string of the molecule is O=c1[nH]ccc2c3nc(N4CC=C(NOCCN5CCOCC5)CC4)[nH]c3c3ccc(F)cc3c12. The minimum Gasteiger partial charge on any atom is -0.379 e. The van der Waals surface area contributed by atoms with Crippen molar-refractivity contribution in [3.05, 3.63) is 58.4 Å². The minimum atomic E-state index is -0.380. The van der Waals surface area contributed by atoms with E-state index in [-0.39, 0.29) is 11.4 Å². The maximum absolute atomic E-state index is 14.1. The molecule has 0 aliphatic carbocycles. The van der Waals surface area contributed by atoms with E-state index < -0.39 is 0 Å². The van der Waals surface area contributed by atoms with E-state index in [1.807, 2.05) is 6.07 Å². The zero-order chi connectivity index (χ0) is 23.8. The molecule has 3 N–H and O–H groups in total. The number of hydroxylamine groups is 1. The molecule has 0 atom stereocenters. The normalized spacial score (nSPS) is 17.4. The molecule has 2 aliphatic heterocycles. The number of H-pyrrole nitrogens is 2. The number of hydrogen-bond acceptors (Lipinski definition) is 7. The zero-order valence-electron chi connectivity index (χ0n) is 19.3. The highest BCUT2D eigenvalue weighted by Gasteiger charge is 2.20. The topological polar surface area (TPSA) is 98.5 Å². The van der Waals surface area contributed by atoms with Gasteiger partial charge in [0.25, 0.3) is 5.56 Å². The van der Waals surface area contributed by atoms with Crippen LogP contribution in [0.15, 0.2) is 47.0 Å². The molecular formula is C25H27FN6O3. The molecule has 0 amide bonds. The quantitative estimate of drug-likeness (QED) is 0.223. The van der Waals surface area contributed by atoms with Crippen molar-refractivity contribution in [1.29, 1.82) is 0 Å². The van der Waals surface area contributed by atoms with Crippen LogP contribution < -0.4 is 15.9 Å². The van der Waals surface area contributed by atoms with Crippen molar-refractivity contribution in [3.8, 4) is 0 Å². The molecule has 2 aliphatic rings. The molecule has 2 aromatic heterocycles. The Morgan fingerprint density at radius 1 is 1.14 bits per heavy atom. The summed E-state index contributed by atoms with van der Waals surface area (Å²) < 4.78 is 19.4. The number of nitrogens with one attached hydrogen (secondary N) is 3. The van der Waals surface area contributed by atoms with Gasteiger partial charge < -0.3 is 19.6 Å². The number of nitrogens with zero attached hydrogens (tertiary/aromatic N) is 3. The number of fused-ring (bicyclic) bond motifs is 6. The molecule has 0 radical (unpaired) electrons. The highest BCUT2D eigenvalue weighted by Crippen LogP contribution is 2.34. The molecule has 10 heteroatoms. The molecule has 0 spiro atoms. The average molecular weight is 479 g/mol. The number of morpholine rings is 1. The molecule has 0 bridgehead atoms. The summed E-state index contributed by atoms with van der Waals surface area (Å²) in [5.74, 6) is 0.344. The number of halogens is 1. The fourth-order valence-electron chi connectivity index (χ4n) is 4.88. The van der Waals surface area contributed by atoms with Crippen LogP contribution in [0, 0.1) is 5.82 Å². The molecule has 9 nitrogen and oxygen atoms in total. The van der Waals surface area contributed by atoms with E-state index in [2.05, 4.69) is 31.3 Å². The standard InChI is InChI=1S/C25H27FN6O3/c26-16-1-2-18-20(15-16)21-19(3-6-27-24(21)33)23-22(18)28-25(29-23)32-7-4-17(5-8-32)30-35-14-11-31-9-12-34-13-10-31/h1-4,6,15,30H,5,7-14H2,(H,27,33)(H,28,29). The number of pyridine rings is 1. The van der Waals surface area contributed by atoms with Gasteiger partial charge >= 0.3 is 0 Å². The van der Waals surface area contributed by atoms with Crippen LogP contribution in [0.1, 0.15) is 6.42 Å². The van der Waals surface area contributed by atoms with Gasteiger partial charge in [0, 0.05) is 67.2 Å². The second-order valence-electron chi connectivity index (χ2n) is 8.90. The lowest BCUT2D eigenvalue weighted by molar-refractivity contribution is 0.00296. The number of benzene rings is 2. The first-order chi connectivity index (χ1) is 17.2. The smallest absolute Gasteiger partial charge is 0.256 e. The Kier molecular flexibility index (Phi) is 5.85. The lowest BCUT2D eigenvalue weighted by Gasteiger charge is -2.27. The summed E-state index contributed by atoms with van der Waals surface area (Å²) in [5, 5.41) is 2.50. The molecule has 1 fully saturated rings. The van der Waals surface area contributed by atoms with Gasteiger partial charge in [0.15, 0.2) is 0 Å². The third kappa shape index (κ3) is 4.24. The Bertz CT molecular complexity index is 1470. The summed E-state index contributed by atoms with van der Waals surface area (Å²) in [7, 11) is 0. The van der Waals surface area contributed by atoms with E-state index in [9.17, 15) is 9.18 Å². The van der Waals surface area contributed by atoms with Crippen molar-refractivity contribution < 1.29 is 14.0 Å². The molecule has 1 saturated heterocycles. The van der Waals surface area contributed by atoms with E-state index >= 15 is 0 Å². The molecule has 6 rings (SSSR count). The summed E-state index contributed by atoms with van der Waals surface area (Å²) in [6.45, 7) is 6.40. The van der Waals surface area contributed by atoms with Crippen LogP contribution in [0.25, 0.3) is 32.6 Å². The molecular weight excluding hydrogens is 451 g/mol. The number of imidazole rings is 1. The monoisotopic (exact) mass is 478 g/mol. The number of aromatic amines is 2. The summed E-state index contributed by atoms with van der Waals surface area (Å²) in [5.41, 5.74) is 5.40. The van der Waals surface area contributed by atoms with Crippen LogP contribution in [0.4, 0.5) is 10.3 Å². The minimum absolute atomic E-state index is 0.255. The zero-order valence-corrected chi connectivity index (χ0v) is 19.3. The molecule has 2 aromatic carbocycles. The second kappa shape index (κ2) is 9.29. The molecule has 4 aromatic rings. The average Bonchev–Trinajstić information content (AvgIpc) is 3.33. The lowest BCUT2D eigenvalue weighted by Crippen LogP contribution is -2.39. The first-order valence-electron chi connectivity index (χ1n) is 11.9. The lowest BCUT2D eigenvalue weighted by atomic mass is 10.0. The number of anilines is 1. The van der Waals surface area contributed by atoms with Crippen LogP contribution in [0.5, 0.6) is 0 Å². The van der Waals surface area contributed by atoms with E-state index in [0.29, 0.717) is 34.8 Å². The van der Waals surface area contributed by atoms with Crippen molar-refractivity contribution in [2.24, 2.45) is 0 Å². The van der Waals surface area contributed by atoms with Gasteiger partial charge in [0.05, 0.1) is 36.2 Å². The molecule has 182 valence electrons. The maximum Gasteiger partial charge on any atom is 0.256 e. The van der Waals surface area contributed by atoms with E-state index in [4.69, 9.17) is 14.6 Å². The van der Waals surface area contributed by atoms with E-state index in [1.165, 1.54) is 12.1 Å². The fourth-order valence-corrected chi connectivity index (χ4v) is 4.88. The van der Waals surface area contributed by atoms with Gasteiger partial charge in [0.2, 0.25) is 5.95 Å². The van der Waals surface area contributed by atoms with Gasteiger partial charge in [-0.1, -0.05) is 0 Å². The van der Waals surface area contributed by atoms with Crippen molar-refractivity contribution in [1.82, 2.24) is 25.3 Å².